The van der Waals surface area contributed by atoms with Gasteiger partial charge in [0.15, 0.2) is 16.8 Å². The van der Waals surface area contributed by atoms with Crippen LogP contribution in [-0.2, 0) is 4.79 Å². The second-order valence-corrected chi connectivity index (χ2v) is 6.06. The molecule has 0 spiro atoms. The number of nitrogens with one attached hydrogen (secondary N) is 1. The van der Waals surface area contributed by atoms with E-state index < -0.39 is 17.5 Å². The van der Waals surface area contributed by atoms with Crippen LogP contribution in [0, 0.1) is 23.0 Å². The SMILES string of the molecule is N#C/C(=C\c1ccc(F)c(F)c1)C(=O)Nc1nc(-c2ccccc2)cs1. The molecule has 0 radical (unpaired) electrons. The summed E-state index contributed by atoms with van der Waals surface area (Å²) >= 11 is 1.22. The van der Waals surface area contributed by atoms with E-state index in [2.05, 4.69) is 10.3 Å². The topological polar surface area (TPSA) is 65.8 Å². The third kappa shape index (κ3) is 3.99. The summed E-state index contributed by atoms with van der Waals surface area (Å²) in [5.74, 6) is -2.73. The maximum atomic E-state index is 13.2. The van der Waals surface area contributed by atoms with Crippen molar-refractivity contribution in [2.75, 3.05) is 5.32 Å². The lowest BCUT2D eigenvalue weighted by Crippen LogP contribution is -2.13. The first kappa shape index (κ1) is 17.5. The van der Waals surface area contributed by atoms with Crippen molar-refractivity contribution in [1.82, 2.24) is 4.98 Å². The van der Waals surface area contributed by atoms with Crippen molar-refractivity contribution in [3.63, 3.8) is 0 Å². The molecule has 0 atom stereocenters. The Kier molecular flexibility index (Phi) is 5.15. The van der Waals surface area contributed by atoms with Crippen molar-refractivity contribution >= 4 is 28.5 Å². The zero-order valence-electron chi connectivity index (χ0n) is 13.2. The fraction of sp³-hybridized carbons (Fsp3) is 0. The van der Waals surface area contributed by atoms with Crippen LogP contribution in [0.15, 0.2) is 59.5 Å². The first-order valence-electron chi connectivity index (χ1n) is 7.46. The number of carbonyl (C=O) groups is 1. The number of hydrogen-bond donors (Lipinski definition) is 1. The number of aromatic nitrogens is 1. The van der Waals surface area contributed by atoms with Crippen LogP contribution in [0.5, 0.6) is 0 Å². The number of amides is 1. The van der Waals surface area contributed by atoms with E-state index in [1.165, 1.54) is 23.5 Å². The number of carbonyl (C=O) groups excluding carboxylic acids is 1. The van der Waals surface area contributed by atoms with Gasteiger partial charge in [-0.1, -0.05) is 36.4 Å². The molecular weight excluding hydrogens is 356 g/mol. The Hall–Kier alpha value is -3.37. The first-order chi connectivity index (χ1) is 12.6. The summed E-state index contributed by atoms with van der Waals surface area (Å²) < 4.78 is 26.2. The van der Waals surface area contributed by atoms with E-state index >= 15 is 0 Å². The minimum Gasteiger partial charge on any atom is -0.297 e. The van der Waals surface area contributed by atoms with Crippen LogP contribution >= 0.6 is 11.3 Å². The van der Waals surface area contributed by atoms with E-state index in [-0.39, 0.29) is 11.1 Å². The van der Waals surface area contributed by atoms with Crippen LogP contribution in [-0.4, -0.2) is 10.9 Å². The Morgan fingerprint density at radius 2 is 1.92 bits per heavy atom. The standard InChI is InChI=1S/C19H11F2N3OS/c20-15-7-6-12(9-16(15)21)8-14(10-22)18(25)24-19-23-17(11-26-19)13-4-2-1-3-5-13/h1-9,11H,(H,23,24,25)/b14-8+. The zero-order valence-corrected chi connectivity index (χ0v) is 14.1. The van der Waals surface area contributed by atoms with Gasteiger partial charge in [0.1, 0.15) is 11.6 Å². The van der Waals surface area contributed by atoms with Crippen molar-refractivity contribution in [2.24, 2.45) is 0 Å². The van der Waals surface area contributed by atoms with Gasteiger partial charge in [0.25, 0.3) is 5.91 Å². The molecule has 1 N–H and O–H groups in total. The summed E-state index contributed by atoms with van der Waals surface area (Å²) in [6.45, 7) is 0. The molecule has 128 valence electrons. The van der Waals surface area contributed by atoms with Crippen LogP contribution in [0.25, 0.3) is 17.3 Å². The summed E-state index contributed by atoms with van der Waals surface area (Å²) in [7, 11) is 0. The lowest BCUT2D eigenvalue weighted by molar-refractivity contribution is -0.112. The maximum Gasteiger partial charge on any atom is 0.268 e. The molecule has 0 fully saturated rings. The molecule has 26 heavy (non-hydrogen) atoms. The van der Waals surface area contributed by atoms with Crippen LogP contribution in [0.3, 0.4) is 0 Å². The highest BCUT2D eigenvalue weighted by Crippen LogP contribution is 2.25. The lowest BCUT2D eigenvalue weighted by Gasteiger charge is -2.01. The highest BCUT2D eigenvalue weighted by atomic mass is 32.1. The van der Waals surface area contributed by atoms with E-state index in [0.717, 1.165) is 17.7 Å². The number of benzene rings is 2. The molecule has 7 heteroatoms. The van der Waals surface area contributed by atoms with Gasteiger partial charge >= 0.3 is 0 Å². The largest absolute Gasteiger partial charge is 0.297 e. The minimum atomic E-state index is -1.05. The average molecular weight is 367 g/mol. The van der Waals surface area contributed by atoms with Gasteiger partial charge in [0, 0.05) is 10.9 Å². The predicted octanol–water partition coefficient (Wildman–Crippen LogP) is 4.63. The van der Waals surface area contributed by atoms with Gasteiger partial charge in [-0.05, 0) is 23.8 Å². The molecular formula is C19H11F2N3OS. The zero-order chi connectivity index (χ0) is 18.5. The molecule has 0 bridgehead atoms. The van der Waals surface area contributed by atoms with Gasteiger partial charge in [-0.2, -0.15) is 5.26 Å². The maximum absolute atomic E-state index is 13.2. The van der Waals surface area contributed by atoms with E-state index in [9.17, 15) is 18.8 Å². The van der Waals surface area contributed by atoms with Gasteiger partial charge in [-0.25, -0.2) is 13.8 Å². The number of nitrogens with zero attached hydrogens (tertiary/aromatic N) is 2. The first-order valence-corrected chi connectivity index (χ1v) is 8.34. The minimum absolute atomic E-state index is 0.208. The van der Waals surface area contributed by atoms with E-state index in [0.29, 0.717) is 10.8 Å². The molecule has 2 aromatic carbocycles. The van der Waals surface area contributed by atoms with Crippen LogP contribution in [0.2, 0.25) is 0 Å². The highest BCUT2D eigenvalue weighted by molar-refractivity contribution is 7.14. The average Bonchev–Trinajstić information content (AvgIpc) is 3.11. The number of halogens is 2. The Balaban J connectivity index is 1.78. The van der Waals surface area contributed by atoms with Crippen molar-refractivity contribution in [3.05, 3.63) is 76.7 Å². The Morgan fingerprint density at radius 1 is 1.15 bits per heavy atom. The van der Waals surface area contributed by atoms with Crippen LogP contribution in [0.4, 0.5) is 13.9 Å². The number of hydrogen-bond acceptors (Lipinski definition) is 4. The molecule has 1 aromatic heterocycles. The van der Waals surface area contributed by atoms with Crippen molar-refractivity contribution in [2.45, 2.75) is 0 Å². The molecule has 1 heterocycles. The van der Waals surface area contributed by atoms with Crippen molar-refractivity contribution in [1.29, 1.82) is 5.26 Å². The Bertz CT molecular complexity index is 1020. The predicted molar refractivity (Wildman–Crippen MR) is 96.1 cm³/mol. The molecule has 0 aliphatic heterocycles. The smallest absolute Gasteiger partial charge is 0.268 e. The summed E-state index contributed by atoms with van der Waals surface area (Å²) in [6, 6.07) is 14.3. The molecule has 3 aromatic rings. The lowest BCUT2D eigenvalue weighted by atomic mass is 10.1. The number of nitriles is 1. The summed E-state index contributed by atoms with van der Waals surface area (Å²) in [5, 5.41) is 13.8. The highest BCUT2D eigenvalue weighted by Gasteiger charge is 2.13. The quantitative estimate of drug-likeness (QED) is 0.540. The second-order valence-electron chi connectivity index (χ2n) is 5.20. The fourth-order valence-corrected chi connectivity index (χ4v) is 2.87. The van der Waals surface area contributed by atoms with Gasteiger partial charge < -0.3 is 0 Å². The molecule has 4 nitrogen and oxygen atoms in total. The van der Waals surface area contributed by atoms with Crippen molar-refractivity contribution < 1.29 is 13.6 Å². The molecule has 0 aliphatic carbocycles. The molecule has 3 rings (SSSR count). The summed E-state index contributed by atoms with van der Waals surface area (Å²) in [5.41, 5.74) is 1.57. The van der Waals surface area contributed by atoms with E-state index in [1.54, 1.807) is 11.4 Å². The number of rotatable bonds is 4. The normalized spacial score (nSPS) is 11.0. The molecule has 0 saturated carbocycles. The van der Waals surface area contributed by atoms with Gasteiger partial charge in [0.2, 0.25) is 0 Å². The summed E-state index contributed by atoms with van der Waals surface area (Å²) in [4.78, 5) is 16.6. The fourth-order valence-electron chi connectivity index (χ4n) is 2.15. The van der Waals surface area contributed by atoms with Gasteiger partial charge in [-0.3, -0.25) is 10.1 Å². The number of thiazole rings is 1. The number of anilines is 1. The molecule has 0 aliphatic rings. The van der Waals surface area contributed by atoms with Gasteiger partial charge in [0.05, 0.1) is 5.69 Å². The van der Waals surface area contributed by atoms with Crippen LogP contribution in [0.1, 0.15) is 5.56 Å². The third-order valence-electron chi connectivity index (χ3n) is 3.41. The monoisotopic (exact) mass is 367 g/mol. The van der Waals surface area contributed by atoms with E-state index in [1.807, 2.05) is 30.3 Å². The van der Waals surface area contributed by atoms with E-state index in [4.69, 9.17) is 0 Å². The summed E-state index contributed by atoms with van der Waals surface area (Å²) in [6.07, 6.45) is 1.18. The molecule has 0 unspecified atom stereocenters. The Labute approximate surface area is 152 Å². The second kappa shape index (κ2) is 7.68. The van der Waals surface area contributed by atoms with Gasteiger partial charge in [-0.15, -0.1) is 11.3 Å². The third-order valence-corrected chi connectivity index (χ3v) is 4.17. The molecule has 0 saturated heterocycles. The van der Waals surface area contributed by atoms with Crippen LogP contribution < -0.4 is 5.32 Å². The van der Waals surface area contributed by atoms with Crippen molar-refractivity contribution in [3.8, 4) is 17.3 Å². The molecule has 1 amide bonds. The Morgan fingerprint density at radius 3 is 2.62 bits per heavy atom.